The lowest BCUT2D eigenvalue weighted by atomic mass is 10.1. The number of hydrogen-bond acceptors (Lipinski definition) is 2. The van der Waals surface area contributed by atoms with Crippen LogP contribution in [0.1, 0.15) is 25.5 Å². The number of nitrogen functional groups attached to an aromatic ring is 1. The van der Waals surface area contributed by atoms with Gasteiger partial charge >= 0.3 is 0 Å². The third-order valence-electron chi connectivity index (χ3n) is 2.46. The van der Waals surface area contributed by atoms with Gasteiger partial charge in [-0.25, -0.2) is 4.68 Å². The minimum absolute atomic E-state index is 0. The molecule has 0 saturated heterocycles. The number of halogens is 2. The van der Waals surface area contributed by atoms with Gasteiger partial charge in [-0.15, -0.1) is 12.4 Å². The fourth-order valence-corrected chi connectivity index (χ4v) is 1.98. The van der Waals surface area contributed by atoms with Crippen molar-refractivity contribution in [2.24, 2.45) is 0 Å². The Hall–Kier alpha value is -1.19. The van der Waals surface area contributed by atoms with E-state index in [-0.39, 0.29) is 12.4 Å². The molecule has 2 rings (SSSR count). The van der Waals surface area contributed by atoms with Crippen LogP contribution in [0.15, 0.2) is 30.5 Å². The molecule has 0 aliphatic rings. The molecule has 0 saturated carbocycles. The Morgan fingerprint density at radius 2 is 1.94 bits per heavy atom. The molecule has 1 heterocycles. The zero-order valence-corrected chi connectivity index (χ0v) is 11.3. The minimum atomic E-state index is 0. The minimum Gasteiger partial charge on any atom is -0.396 e. The van der Waals surface area contributed by atoms with Crippen molar-refractivity contribution in [3.05, 3.63) is 41.2 Å². The average Bonchev–Trinajstić information content (AvgIpc) is 2.61. The van der Waals surface area contributed by atoms with Crippen LogP contribution in [0.4, 0.5) is 5.69 Å². The molecule has 0 amide bonds. The smallest absolute Gasteiger partial charge is 0.0835 e. The predicted molar refractivity (Wildman–Crippen MR) is 74.3 cm³/mol. The first-order chi connectivity index (χ1) is 7.61. The van der Waals surface area contributed by atoms with Gasteiger partial charge in [-0.2, -0.15) is 5.10 Å². The highest BCUT2D eigenvalue weighted by Gasteiger charge is 2.14. The van der Waals surface area contributed by atoms with Crippen LogP contribution in [-0.4, -0.2) is 9.78 Å². The zero-order chi connectivity index (χ0) is 11.7. The van der Waals surface area contributed by atoms with Crippen LogP contribution in [-0.2, 0) is 0 Å². The summed E-state index contributed by atoms with van der Waals surface area (Å²) < 4.78 is 1.81. The molecule has 0 aliphatic heterocycles. The molecule has 2 aromatic rings. The van der Waals surface area contributed by atoms with E-state index in [4.69, 9.17) is 17.3 Å². The molecule has 2 N–H and O–H groups in total. The highest BCUT2D eigenvalue weighted by atomic mass is 35.5. The van der Waals surface area contributed by atoms with E-state index in [1.807, 2.05) is 28.9 Å². The summed E-state index contributed by atoms with van der Waals surface area (Å²) in [6.45, 7) is 4.17. The number of nitrogens with two attached hydrogens (primary N) is 1. The van der Waals surface area contributed by atoms with Gasteiger partial charge < -0.3 is 5.73 Å². The van der Waals surface area contributed by atoms with Gasteiger partial charge in [-0.3, -0.25) is 0 Å². The van der Waals surface area contributed by atoms with Crippen LogP contribution in [0, 0.1) is 0 Å². The molecule has 1 aromatic heterocycles. The number of rotatable bonds is 2. The van der Waals surface area contributed by atoms with Gasteiger partial charge in [0.25, 0.3) is 0 Å². The summed E-state index contributed by atoms with van der Waals surface area (Å²) in [4.78, 5) is 0. The number of para-hydroxylation sites is 1. The molecule has 0 atom stereocenters. The number of nitrogens with zero attached hydrogens (tertiary/aromatic N) is 2. The molecule has 0 spiro atoms. The van der Waals surface area contributed by atoms with E-state index in [1.54, 1.807) is 6.20 Å². The zero-order valence-electron chi connectivity index (χ0n) is 9.72. The average molecular weight is 272 g/mol. The third-order valence-corrected chi connectivity index (χ3v) is 2.78. The van der Waals surface area contributed by atoms with Gasteiger partial charge in [0.15, 0.2) is 0 Å². The number of hydrogen-bond donors (Lipinski definition) is 1. The Bertz CT molecular complexity index is 506. The quantitative estimate of drug-likeness (QED) is 0.906. The van der Waals surface area contributed by atoms with Crippen molar-refractivity contribution in [1.82, 2.24) is 9.78 Å². The van der Waals surface area contributed by atoms with E-state index in [9.17, 15) is 0 Å². The maximum Gasteiger partial charge on any atom is 0.0835 e. The Kier molecular flexibility index (Phi) is 4.43. The lowest BCUT2D eigenvalue weighted by Crippen LogP contribution is -2.05. The molecule has 3 nitrogen and oxygen atoms in total. The lowest BCUT2D eigenvalue weighted by molar-refractivity contribution is 0.736. The molecule has 0 bridgehead atoms. The summed E-state index contributed by atoms with van der Waals surface area (Å²) in [5.41, 5.74) is 8.47. The SMILES string of the molecule is CC(C)c1c(N)cnn1-c1ccccc1Cl.Cl. The van der Waals surface area contributed by atoms with Gasteiger partial charge in [-0.05, 0) is 18.1 Å². The van der Waals surface area contributed by atoms with Crippen LogP contribution >= 0.6 is 24.0 Å². The normalized spacial score (nSPS) is 10.4. The Morgan fingerprint density at radius 3 is 2.53 bits per heavy atom. The van der Waals surface area contributed by atoms with Crippen molar-refractivity contribution in [2.75, 3.05) is 5.73 Å². The molecule has 5 heteroatoms. The van der Waals surface area contributed by atoms with Crippen LogP contribution in [0.25, 0.3) is 5.69 Å². The fraction of sp³-hybridized carbons (Fsp3) is 0.250. The summed E-state index contributed by atoms with van der Waals surface area (Å²) >= 11 is 6.14. The third kappa shape index (κ3) is 2.56. The largest absolute Gasteiger partial charge is 0.396 e. The first-order valence-corrected chi connectivity index (χ1v) is 5.57. The standard InChI is InChI=1S/C12H14ClN3.ClH/c1-8(2)12-10(14)7-15-16(12)11-6-4-3-5-9(11)13;/h3-8H,14H2,1-2H3;1H. The van der Waals surface area contributed by atoms with Crippen LogP contribution in [0.2, 0.25) is 5.02 Å². The first-order valence-electron chi connectivity index (χ1n) is 5.19. The van der Waals surface area contributed by atoms with Crippen molar-refractivity contribution < 1.29 is 0 Å². The first kappa shape index (κ1) is 13.9. The topological polar surface area (TPSA) is 43.8 Å². The van der Waals surface area contributed by atoms with E-state index in [0.717, 1.165) is 11.4 Å². The lowest BCUT2D eigenvalue weighted by Gasteiger charge is -2.12. The maximum absolute atomic E-state index is 6.14. The van der Waals surface area contributed by atoms with E-state index >= 15 is 0 Å². The van der Waals surface area contributed by atoms with Crippen LogP contribution in [0.5, 0.6) is 0 Å². The second-order valence-electron chi connectivity index (χ2n) is 4.00. The molecule has 0 radical (unpaired) electrons. The van der Waals surface area contributed by atoms with Crippen molar-refractivity contribution in [3.8, 4) is 5.69 Å². The van der Waals surface area contributed by atoms with Crippen molar-refractivity contribution in [3.63, 3.8) is 0 Å². The van der Waals surface area contributed by atoms with E-state index in [2.05, 4.69) is 18.9 Å². The Balaban J connectivity index is 0.00000144. The highest BCUT2D eigenvalue weighted by Crippen LogP contribution is 2.27. The van der Waals surface area contributed by atoms with E-state index in [1.165, 1.54) is 0 Å². The van der Waals surface area contributed by atoms with Gasteiger partial charge in [0.05, 0.1) is 28.3 Å². The monoisotopic (exact) mass is 271 g/mol. The molecular weight excluding hydrogens is 257 g/mol. The highest BCUT2D eigenvalue weighted by molar-refractivity contribution is 6.32. The second-order valence-corrected chi connectivity index (χ2v) is 4.41. The van der Waals surface area contributed by atoms with Gasteiger partial charge in [0.2, 0.25) is 0 Å². The fourth-order valence-electron chi connectivity index (χ4n) is 1.76. The summed E-state index contributed by atoms with van der Waals surface area (Å²) in [7, 11) is 0. The van der Waals surface area contributed by atoms with Crippen molar-refractivity contribution in [1.29, 1.82) is 0 Å². The van der Waals surface area contributed by atoms with E-state index < -0.39 is 0 Å². The van der Waals surface area contributed by atoms with Gasteiger partial charge in [-0.1, -0.05) is 37.6 Å². The second kappa shape index (κ2) is 5.43. The molecular formula is C12H15Cl2N3. The molecule has 0 fully saturated rings. The van der Waals surface area contributed by atoms with E-state index in [0.29, 0.717) is 16.6 Å². The molecule has 92 valence electrons. The number of benzene rings is 1. The summed E-state index contributed by atoms with van der Waals surface area (Å²) in [5, 5.41) is 4.95. The van der Waals surface area contributed by atoms with Crippen molar-refractivity contribution >= 4 is 29.7 Å². The molecule has 0 unspecified atom stereocenters. The molecule has 17 heavy (non-hydrogen) atoms. The number of anilines is 1. The van der Waals surface area contributed by atoms with Crippen molar-refractivity contribution in [2.45, 2.75) is 19.8 Å². The molecule has 1 aromatic carbocycles. The van der Waals surface area contributed by atoms with Crippen LogP contribution in [0.3, 0.4) is 0 Å². The Labute approximate surface area is 112 Å². The Morgan fingerprint density at radius 1 is 1.29 bits per heavy atom. The summed E-state index contributed by atoms with van der Waals surface area (Å²) in [6.07, 6.45) is 1.67. The van der Waals surface area contributed by atoms with Gasteiger partial charge in [0.1, 0.15) is 0 Å². The van der Waals surface area contributed by atoms with Gasteiger partial charge in [0, 0.05) is 0 Å². The molecule has 0 aliphatic carbocycles. The summed E-state index contributed by atoms with van der Waals surface area (Å²) in [6, 6.07) is 7.61. The predicted octanol–water partition coefficient (Wildman–Crippen LogP) is 3.65. The van der Waals surface area contributed by atoms with Crippen LogP contribution < -0.4 is 5.73 Å². The summed E-state index contributed by atoms with van der Waals surface area (Å²) in [5.74, 6) is 0.304. The number of aromatic nitrogens is 2. The maximum atomic E-state index is 6.14.